The zero-order valence-electron chi connectivity index (χ0n) is 14.6. The van der Waals surface area contributed by atoms with Crippen LogP contribution >= 0.6 is 34.5 Å². The summed E-state index contributed by atoms with van der Waals surface area (Å²) in [6, 6.07) is 5.34. The number of nitrogens with one attached hydrogen (secondary N) is 3. The minimum Gasteiger partial charge on any atom is -0.357 e. The highest BCUT2D eigenvalue weighted by Gasteiger charge is 2.10. The smallest absolute Gasteiger partial charge is 0.263 e. The lowest BCUT2D eigenvalue weighted by Crippen LogP contribution is -2.41. The number of hydrogen-bond donors (Lipinski definition) is 3. The summed E-state index contributed by atoms with van der Waals surface area (Å²) >= 11 is 13.4. The molecule has 1 heterocycles. The molecule has 26 heavy (non-hydrogen) atoms. The Bertz CT molecular complexity index is 778. The largest absolute Gasteiger partial charge is 0.357 e. The molecule has 0 saturated heterocycles. The molecule has 9 heteroatoms. The lowest BCUT2D eigenvalue weighted by atomic mass is 10.2. The Kier molecular flexibility index (Phi) is 8.15. The van der Waals surface area contributed by atoms with Crippen molar-refractivity contribution in [1.29, 1.82) is 0 Å². The SMILES string of the molecule is CCNC(=NCc1ccc(Cl)cc1Cl)NCCNC(=O)c1scnc1C. The highest BCUT2D eigenvalue weighted by Crippen LogP contribution is 2.21. The van der Waals surface area contributed by atoms with Crippen LogP contribution in [-0.2, 0) is 6.54 Å². The predicted octanol–water partition coefficient (Wildman–Crippen LogP) is 3.24. The highest BCUT2D eigenvalue weighted by atomic mass is 35.5. The first kappa shape index (κ1) is 20.5. The monoisotopic (exact) mass is 413 g/mol. The number of carbonyl (C=O) groups is 1. The van der Waals surface area contributed by atoms with Crippen LogP contribution in [0.1, 0.15) is 27.9 Å². The van der Waals surface area contributed by atoms with Gasteiger partial charge in [0.15, 0.2) is 5.96 Å². The van der Waals surface area contributed by atoms with Gasteiger partial charge in [0.05, 0.1) is 17.7 Å². The lowest BCUT2D eigenvalue weighted by molar-refractivity contribution is 0.0957. The van der Waals surface area contributed by atoms with Crippen molar-refractivity contribution in [3.8, 4) is 0 Å². The Balaban J connectivity index is 1.83. The van der Waals surface area contributed by atoms with Crippen LogP contribution in [0.5, 0.6) is 0 Å². The van der Waals surface area contributed by atoms with Gasteiger partial charge in [-0.15, -0.1) is 11.3 Å². The van der Waals surface area contributed by atoms with Gasteiger partial charge in [0.1, 0.15) is 4.88 Å². The summed E-state index contributed by atoms with van der Waals surface area (Å²) in [7, 11) is 0. The molecule has 0 fully saturated rings. The van der Waals surface area contributed by atoms with E-state index in [1.54, 1.807) is 17.6 Å². The van der Waals surface area contributed by atoms with Crippen molar-refractivity contribution in [2.24, 2.45) is 4.99 Å². The molecule has 2 aromatic rings. The summed E-state index contributed by atoms with van der Waals surface area (Å²) in [5.74, 6) is 0.545. The first-order valence-electron chi connectivity index (χ1n) is 8.15. The highest BCUT2D eigenvalue weighted by molar-refractivity contribution is 7.11. The lowest BCUT2D eigenvalue weighted by Gasteiger charge is -2.12. The molecular weight excluding hydrogens is 393 g/mol. The van der Waals surface area contributed by atoms with Gasteiger partial charge in [-0.25, -0.2) is 9.98 Å². The molecular formula is C17H21Cl2N5OS. The predicted molar refractivity (Wildman–Crippen MR) is 108 cm³/mol. The Morgan fingerprint density at radius 1 is 1.23 bits per heavy atom. The quantitative estimate of drug-likeness (QED) is 0.369. The maximum absolute atomic E-state index is 12.0. The molecule has 2 rings (SSSR count). The van der Waals surface area contributed by atoms with Gasteiger partial charge in [0.25, 0.3) is 5.91 Å². The van der Waals surface area contributed by atoms with E-state index in [0.29, 0.717) is 40.5 Å². The average molecular weight is 414 g/mol. The number of carbonyl (C=O) groups excluding carboxylic acids is 1. The molecule has 0 aliphatic heterocycles. The molecule has 0 radical (unpaired) electrons. The minimum atomic E-state index is -0.110. The van der Waals surface area contributed by atoms with Gasteiger partial charge in [-0.2, -0.15) is 0 Å². The van der Waals surface area contributed by atoms with Crippen LogP contribution in [0.3, 0.4) is 0 Å². The van der Waals surface area contributed by atoms with Crippen molar-refractivity contribution in [1.82, 2.24) is 20.9 Å². The third-order valence-electron chi connectivity index (χ3n) is 3.42. The van der Waals surface area contributed by atoms with E-state index in [0.717, 1.165) is 17.8 Å². The molecule has 1 aromatic heterocycles. The normalized spacial score (nSPS) is 11.3. The zero-order chi connectivity index (χ0) is 18.9. The molecule has 0 saturated carbocycles. The van der Waals surface area contributed by atoms with Crippen LogP contribution in [0.15, 0.2) is 28.7 Å². The number of rotatable bonds is 7. The topological polar surface area (TPSA) is 78.4 Å². The molecule has 0 aliphatic carbocycles. The maximum Gasteiger partial charge on any atom is 0.263 e. The van der Waals surface area contributed by atoms with Gasteiger partial charge in [-0.05, 0) is 31.5 Å². The van der Waals surface area contributed by atoms with E-state index < -0.39 is 0 Å². The van der Waals surface area contributed by atoms with E-state index in [1.807, 2.05) is 19.9 Å². The van der Waals surface area contributed by atoms with Crippen molar-refractivity contribution >= 4 is 46.4 Å². The third-order valence-corrected chi connectivity index (χ3v) is 4.94. The van der Waals surface area contributed by atoms with Crippen molar-refractivity contribution in [3.05, 3.63) is 49.9 Å². The second kappa shape index (κ2) is 10.4. The molecule has 0 aliphatic rings. The second-order valence-corrected chi connectivity index (χ2v) is 7.08. The van der Waals surface area contributed by atoms with E-state index in [-0.39, 0.29) is 5.91 Å². The molecule has 1 amide bonds. The van der Waals surface area contributed by atoms with Gasteiger partial charge in [0.2, 0.25) is 0 Å². The van der Waals surface area contributed by atoms with Gasteiger partial charge in [0, 0.05) is 29.7 Å². The van der Waals surface area contributed by atoms with E-state index in [4.69, 9.17) is 23.2 Å². The standard InChI is InChI=1S/C17H21Cl2N5OS/c1-3-20-17(23-9-12-4-5-13(18)8-14(12)19)22-7-6-21-16(25)15-11(2)24-10-26-15/h4-5,8,10H,3,6-7,9H2,1-2H3,(H,21,25)(H2,20,22,23). The number of amides is 1. The summed E-state index contributed by atoms with van der Waals surface area (Å²) in [5, 5.41) is 10.4. The van der Waals surface area contributed by atoms with Crippen molar-refractivity contribution in [2.45, 2.75) is 20.4 Å². The van der Waals surface area contributed by atoms with E-state index in [1.165, 1.54) is 11.3 Å². The number of aliphatic imine (C=N–C) groups is 1. The first-order chi connectivity index (χ1) is 12.5. The number of hydrogen-bond acceptors (Lipinski definition) is 4. The van der Waals surface area contributed by atoms with Crippen LogP contribution in [0.25, 0.3) is 0 Å². The van der Waals surface area contributed by atoms with E-state index >= 15 is 0 Å². The number of guanidine groups is 1. The van der Waals surface area contributed by atoms with Crippen molar-refractivity contribution < 1.29 is 4.79 Å². The number of benzene rings is 1. The number of halogens is 2. The fourth-order valence-electron chi connectivity index (χ4n) is 2.11. The van der Waals surface area contributed by atoms with Gasteiger partial charge in [-0.3, -0.25) is 4.79 Å². The Labute approximate surface area is 167 Å². The maximum atomic E-state index is 12.0. The van der Waals surface area contributed by atoms with Gasteiger partial charge >= 0.3 is 0 Å². The molecule has 0 unspecified atom stereocenters. The first-order valence-corrected chi connectivity index (χ1v) is 9.79. The summed E-state index contributed by atoms with van der Waals surface area (Å²) in [6.07, 6.45) is 0. The number of thiazole rings is 1. The number of aryl methyl sites for hydroxylation is 1. The molecule has 0 bridgehead atoms. The van der Waals surface area contributed by atoms with E-state index in [2.05, 4.69) is 25.9 Å². The van der Waals surface area contributed by atoms with Crippen molar-refractivity contribution in [3.63, 3.8) is 0 Å². The van der Waals surface area contributed by atoms with E-state index in [9.17, 15) is 4.79 Å². The molecule has 140 valence electrons. The molecule has 6 nitrogen and oxygen atoms in total. The summed E-state index contributed by atoms with van der Waals surface area (Å²) in [5.41, 5.74) is 3.30. The Morgan fingerprint density at radius 3 is 2.65 bits per heavy atom. The van der Waals surface area contributed by atoms with Gasteiger partial charge < -0.3 is 16.0 Å². The summed E-state index contributed by atoms with van der Waals surface area (Å²) in [6.45, 7) is 5.98. The Morgan fingerprint density at radius 2 is 2.00 bits per heavy atom. The zero-order valence-corrected chi connectivity index (χ0v) is 16.9. The molecule has 3 N–H and O–H groups in total. The number of nitrogens with zero attached hydrogens (tertiary/aromatic N) is 2. The van der Waals surface area contributed by atoms with Gasteiger partial charge in [-0.1, -0.05) is 29.3 Å². The summed E-state index contributed by atoms with van der Waals surface area (Å²) < 4.78 is 0. The molecule has 1 aromatic carbocycles. The average Bonchev–Trinajstić information content (AvgIpc) is 3.03. The fourth-order valence-corrected chi connectivity index (χ4v) is 3.30. The number of aromatic nitrogens is 1. The second-order valence-electron chi connectivity index (χ2n) is 5.38. The van der Waals surface area contributed by atoms with Crippen LogP contribution in [-0.4, -0.2) is 36.5 Å². The molecule has 0 spiro atoms. The summed E-state index contributed by atoms with van der Waals surface area (Å²) in [4.78, 5) is 21.3. The molecule has 0 atom stereocenters. The third kappa shape index (κ3) is 6.16. The Hall–Kier alpha value is -1.83. The van der Waals surface area contributed by atoms with Crippen LogP contribution < -0.4 is 16.0 Å². The fraction of sp³-hybridized carbons (Fsp3) is 0.353. The van der Waals surface area contributed by atoms with Crippen LogP contribution in [0.4, 0.5) is 0 Å². The van der Waals surface area contributed by atoms with Crippen molar-refractivity contribution in [2.75, 3.05) is 19.6 Å². The minimum absolute atomic E-state index is 0.110. The van der Waals surface area contributed by atoms with Crippen LogP contribution in [0, 0.1) is 6.92 Å². The van der Waals surface area contributed by atoms with Crippen LogP contribution in [0.2, 0.25) is 10.0 Å².